The van der Waals surface area contributed by atoms with E-state index in [1.165, 1.54) is 19.3 Å². The van der Waals surface area contributed by atoms with E-state index in [-0.39, 0.29) is 5.91 Å². The number of likely N-dealkylation sites (tertiary alicyclic amines) is 1. The van der Waals surface area contributed by atoms with Crippen LogP contribution in [-0.2, 0) is 4.74 Å². The second-order valence-electron chi connectivity index (χ2n) is 8.28. The summed E-state index contributed by atoms with van der Waals surface area (Å²) in [6, 6.07) is 5.78. The van der Waals surface area contributed by atoms with Gasteiger partial charge in [0.1, 0.15) is 0 Å². The molecule has 1 aromatic rings. The Bertz CT molecular complexity index is 646. The van der Waals surface area contributed by atoms with Crippen LogP contribution in [0.15, 0.2) is 18.2 Å². The number of anilines is 1. The van der Waals surface area contributed by atoms with Gasteiger partial charge in [-0.1, -0.05) is 19.3 Å². The molecule has 0 spiro atoms. The van der Waals surface area contributed by atoms with Crippen molar-refractivity contribution in [1.29, 1.82) is 0 Å². The summed E-state index contributed by atoms with van der Waals surface area (Å²) in [5, 5.41) is 13.8. The van der Waals surface area contributed by atoms with Crippen LogP contribution in [0.25, 0.3) is 0 Å². The summed E-state index contributed by atoms with van der Waals surface area (Å²) in [7, 11) is 1.71. The van der Waals surface area contributed by atoms with E-state index >= 15 is 0 Å². The molecule has 1 aromatic carbocycles. The molecule has 6 heteroatoms. The monoisotopic (exact) mass is 403 g/mol. The van der Waals surface area contributed by atoms with Gasteiger partial charge in [-0.15, -0.1) is 0 Å². The first-order chi connectivity index (χ1) is 14.2. The Balaban J connectivity index is 1.68. The SMILES string of the molecule is COCCN1CCCCCC(O)c2cc(C(=O)NCCN3CCCCC3)ccc21. The quantitative estimate of drug-likeness (QED) is 0.733. The van der Waals surface area contributed by atoms with Crippen LogP contribution in [-0.4, -0.2) is 68.9 Å². The molecule has 29 heavy (non-hydrogen) atoms. The normalized spacial score (nSPS) is 21.0. The zero-order chi connectivity index (χ0) is 20.5. The maximum absolute atomic E-state index is 12.7. The standard InChI is InChI=1S/C23H37N3O3/c1-29-17-16-26-14-7-2-4-8-22(27)20-18-19(9-10-21(20)26)23(28)24-11-15-25-12-5-3-6-13-25/h9-10,18,22,27H,2-8,11-17H2,1H3,(H,24,28). The highest BCUT2D eigenvalue weighted by atomic mass is 16.5. The van der Waals surface area contributed by atoms with Crippen LogP contribution in [0.3, 0.4) is 0 Å². The number of ether oxygens (including phenoxy) is 1. The smallest absolute Gasteiger partial charge is 0.251 e. The third-order valence-electron chi connectivity index (χ3n) is 6.12. The van der Waals surface area contributed by atoms with Crippen molar-refractivity contribution in [3.63, 3.8) is 0 Å². The lowest BCUT2D eigenvalue weighted by molar-refractivity contribution is 0.0946. The van der Waals surface area contributed by atoms with Crippen molar-refractivity contribution in [1.82, 2.24) is 10.2 Å². The number of aliphatic hydroxyl groups excluding tert-OH is 1. The average Bonchev–Trinajstić information content (AvgIpc) is 2.82. The van der Waals surface area contributed by atoms with E-state index in [9.17, 15) is 9.90 Å². The Morgan fingerprint density at radius 2 is 1.86 bits per heavy atom. The van der Waals surface area contributed by atoms with Crippen molar-refractivity contribution in [3.05, 3.63) is 29.3 Å². The van der Waals surface area contributed by atoms with Gasteiger partial charge in [0.15, 0.2) is 0 Å². The average molecular weight is 404 g/mol. The molecule has 6 nitrogen and oxygen atoms in total. The molecule has 2 aliphatic heterocycles. The number of fused-ring (bicyclic) bond motifs is 1. The molecule has 0 aromatic heterocycles. The Labute approximate surface area is 175 Å². The molecule has 1 fully saturated rings. The molecule has 3 rings (SSSR count). The number of amides is 1. The molecule has 0 saturated carbocycles. The molecule has 0 aliphatic carbocycles. The van der Waals surface area contributed by atoms with Gasteiger partial charge in [0.2, 0.25) is 0 Å². The molecular weight excluding hydrogens is 366 g/mol. The van der Waals surface area contributed by atoms with Crippen LogP contribution >= 0.6 is 0 Å². The molecule has 1 unspecified atom stereocenters. The van der Waals surface area contributed by atoms with Gasteiger partial charge in [0.05, 0.1) is 12.7 Å². The number of rotatable bonds is 7. The number of piperidine rings is 1. The Hall–Kier alpha value is -1.63. The lowest BCUT2D eigenvalue weighted by Gasteiger charge is -2.28. The van der Waals surface area contributed by atoms with Crippen molar-refractivity contribution in [2.24, 2.45) is 0 Å². The molecule has 0 radical (unpaired) electrons. The summed E-state index contributed by atoms with van der Waals surface area (Å²) < 4.78 is 5.27. The molecule has 2 heterocycles. The van der Waals surface area contributed by atoms with Gasteiger partial charge in [-0.2, -0.15) is 0 Å². The molecule has 1 amide bonds. The third kappa shape index (κ3) is 6.43. The van der Waals surface area contributed by atoms with Crippen LogP contribution in [0.2, 0.25) is 0 Å². The lowest BCUT2D eigenvalue weighted by atomic mass is 9.99. The minimum Gasteiger partial charge on any atom is -0.388 e. The highest BCUT2D eigenvalue weighted by Gasteiger charge is 2.21. The summed E-state index contributed by atoms with van der Waals surface area (Å²) in [6.07, 6.45) is 7.27. The van der Waals surface area contributed by atoms with E-state index in [2.05, 4.69) is 15.1 Å². The van der Waals surface area contributed by atoms with E-state index in [0.29, 0.717) is 18.7 Å². The van der Waals surface area contributed by atoms with Gasteiger partial charge in [-0.3, -0.25) is 4.79 Å². The minimum atomic E-state index is -0.533. The minimum absolute atomic E-state index is 0.0553. The largest absolute Gasteiger partial charge is 0.388 e. The number of carbonyl (C=O) groups is 1. The molecule has 1 saturated heterocycles. The van der Waals surface area contributed by atoms with Crippen molar-refractivity contribution in [2.45, 2.75) is 51.0 Å². The maximum atomic E-state index is 12.7. The predicted octanol–water partition coefficient (Wildman–Crippen LogP) is 2.96. The summed E-state index contributed by atoms with van der Waals surface area (Å²) in [4.78, 5) is 17.4. The molecule has 0 bridgehead atoms. The number of methoxy groups -OCH3 is 1. The fourth-order valence-electron chi connectivity index (χ4n) is 4.39. The molecule has 2 N–H and O–H groups in total. The van der Waals surface area contributed by atoms with Crippen molar-refractivity contribution in [2.75, 3.05) is 57.9 Å². The van der Waals surface area contributed by atoms with E-state index < -0.39 is 6.10 Å². The highest BCUT2D eigenvalue weighted by molar-refractivity contribution is 5.95. The van der Waals surface area contributed by atoms with Gasteiger partial charge in [-0.05, 0) is 57.0 Å². The zero-order valence-corrected chi connectivity index (χ0v) is 17.9. The first-order valence-corrected chi connectivity index (χ1v) is 11.3. The summed E-state index contributed by atoms with van der Waals surface area (Å²) in [5.74, 6) is -0.0553. The third-order valence-corrected chi connectivity index (χ3v) is 6.12. The number of hydrogen-bond donors (Lipinski definition) is 2. The van der Waals surface area contributed by atoms with Gasteiger partial charge in [0.25, 0.3) is 5.91 Å². The number of nitrogens with zero attached hydrogens (tertiary/aromatic N) is 2. The van der Waals surface area contributed by atoms with Crippen molar-refractivity contribution < 1.29 is 14.6 Å². The van der Waals surface area contributed by atoms with E-state index in [0.717, 1.165) is 69.7 Å². The predicted molar refractivity (Wildman–Crippen MR) is 117 cm³/mol. The number of benzene rings is 1. The van der Waals surface area contributed by atoms with Crippen LogP contribution in [0, 0.1) is 0 Å². The summed E-state index contributed by atoms with van der Waals surface area (Å²) >= 11 is 0. The molecule has 162 valence electrons. The first-order valence-electron chi connectivity index (χ1n) is 11.3. The number of carbonyl (C=O) groups excluding carboxylic acids is 1. The highest BCUT2D eigenvalue weighted by Crippen LogP contribution is 2.32. The van der Waals surface area contributed by atoms with Gasteiger partial charge < -0.3 is 25.0 Å². The van der Waals surface area contributed by atoms with Crippen LogP contribution < -0.4 is 10.2 Å². The van der Waals surface area contributed by atoms with E-state index in [1.54, 1.807) is 7.11 Å². The Morgan fingerprint density at radius 1 is 1.10 bits per heavy atom. The second-order valence-corrected chi connectivity index (χ2v) is 8.28. The summed E-state index contributed by atoms with van der Waals surface area (Å²) in [5.41, 5.74) is 2.53. The van der Waals surface area contributed by atoms with Gasteiger partial charge >= 0.3 is 0 Å². The number of hydrogen-bond acceptors (Lipinski definition) is 5. The van der Waals surface area contributed by atoms with E-state index in [4.69, 9.17) is 4.74 Å². The van der Waals surface area contributed by atoms with Crippen molar-refractivity contribution in [3.8, 4) is 0 Å². The number of aliphatic hydroxyl groups is 1. The topological polar surface area (TPSA) is 65.0 Å². The fraction of sp³-hybridized carbons (Fsp3) is 0.696. The second kappa shape index (κ2) is 11.5. The lowest BCUT2D eigenvalue weighted by Crippen LogP contribution is -2.37. The molecular formula is C23H37N3O3. The van der Waals surface area contributed by atoms with Gasteiger partial charge in [-0.25, -0.2) is 0 Å². The Morgan fingerprint density at radius 3 is 2.66 bits per heavy atom. The van der Waals surface area contributed by atoms with Crippen LogP contribution in [0.5, 0.6) is 0 Å². The van der Waals surface area contributed by atoms with Crippen molar-refractivity contribution >= 4 is 11.6 Å². The first kappa shape index (κ1) is 22.1. The fourth-order valence-corrected chi connectivity index (χ4v) is 4.39. The molecule has 1 atom stereocenters. The number of nitrogens with one attached hydrogen (secondary N) is 1. The zero-order valence-electron chi connectivity index (χ0n) is 17.9. The van der Waals surface area contributed by atoms with Crippen LogP contribution in [0.1, 0.15) is 67.0 Å². The van der Waals surface area contributed by atoms with Crippen LogP contribution in [0.4, 0.5) is 5.69 Å². The molecule has 2 aliphatic rings. The van der Waals surface area contributed by atoms with Gasteiger partial charge in [0, 0.05) is 50.1 Å². The Kier molecular flexibility index (Phi) is 8.77. The summed E-state index contributed by atoms with van der Waals surface area (Å²) in [6.45, 7) is 6.23. The van der Waals surface area contributed by atoms with E-state index in [1.807, 2.05) is 18.2 Å². The maximum Gasteiger partial charge on any atom is 0.251 e.